The van der Waals surface area contributed by atoms with Crippen molar-refractivity contribution in [1.29, 1.82) is 0 Å². The fourth-order valence-electron chi connectivity index (χ4n) is 1.12. The molecule has 72 valence electrons. The summed E-state index contributed by atoms with van der Waals surface area (Å²) < 4.78 is 0. The highest BCUT2D eigenvalue weighted by Crippen LogP contribution is 2.22. The van der Waals surface area contributed by atoms with Crippen LogP contribution in [0.5, 0.6) is 0 Å². The number of benzene rings is 1. The second-order valence-electron chi connectivity index (χ2n) is 4.08. The first kappa shape index (κ1) is 11.9. The number of hydrogen-bond donors (Lipinski definition) is 1. The highest BCUT2D eigenvalue weighted by Gasteiger charge is 2.12. The van der Waals surface area contributed by atoms with Gasteiger partial charge in [-0.2, -0.15) is 0 Å². The average Bonchev–Trinajstić information content (AvgIpc) is 2.03. The maximum atomic E-state index is 3.72. The van der Waals surface area contributed by atoms with Gasteiger partial charge in [-0.25, -0.2) is 0 Å². The van der Waals surface area contributed by atoms with Crippen LogP contribution in [-0.4, -0.2) is 0 Å². The van der Waals surface area contributed by atoms with Crippen molar-refractivity contribution in [3.05, 3.63) is 42.0 Å². The van der Waals surface area contributed by atoms with E-state index in [1.165, 1.54) is 11.1 Å². The van der Waals surface area contributed by atoms with E-state index >= 15 is 0 Å². The predicted molar refractivity (Wildman–Crippen MR) is 60.3 cm³/mol. The molecule has 1 aromatic rings. The summed E-state index contributed by atoms with van der Waals surface area (Å²) in [4.78, 5) is 0. The molecule has 0 aliphatic rings. The summed E-state index contributed by atoms with van der Waals surface area (Å²) in [5.41, 5.74) is 2.80. The summed E-state index contributed by atoms with van der Waals surface area (Å²) >= 11 is 0. The van der Waals surface area contributed by atoms with Crippen LogP contribution in [0.4, 0.5) is 0 Å². The van der Waals surface area contributed by atoms with Crippen LogP contribution in [0, 0.1) is 0 Å². The lowest BCUT2D eigenvalue weighted by atomic mass is 9.87. The second kappa shape index (κ2) is 4.24. The van der Waals surface area contributed by atoms with Crippen molar-refractivity contribution < 1.29 is 0 Å². The normalized spacial score (nSPS) is 10.4. The van der Waals surface area contributed by atoms with Gasteiger partial charge in [-0.3, -0.25) is 0 Å². The van der Waals surface area contributed by atoms with Crippen molar-refractivity contribution in [1.82, 2.24) is 6.15 Å². The molecule has 0 aliphatic heterocycles. The molecule has 0 fully saturated rings. The van der Waals surface area contributed by atoms with Crippen molar-refractivity contribution >= 4 is 6.08 Å². The Labute approximate surface area is 81.1 Å². The smallest absolute Gasteiger partial charge is 0.0132 e. The topological polar surface area (TPSA) is 35.0 Å². The molecule has 0 spiro atoms. The average molecular weight is 177 g/mol. The van der Waals surface area contributed by atoms with Crippen LogP contribution < -0.4 is 6.15 Å². The minimum absolute atomic E-state index is 0. The van der Waals surface area contributed by atoms with E-state index < -0.39 is 0 Å². The van der Waals surface area contributed by atoms with E-state index in [0.29, 0.717) is 0 Å². The molecule has 0 saturated heterocycles. The van der Waals surface area contributed by atoms with Crippen molar-refractivity contribution in [2.75, 3.05) is 0 Å². The monoisotopic (exact) mass is 177 g/mol. The molecule has 0 bridgehead atoms. The lowest BCUT2D eigenvalue weighted by Crippen LogP contribution is -2.10. The Morgan fingerprint density at radius 3 is 1.85 bits per heavy atom. The first-order chi connectivity index (χ1) is 5.54. The highest BCUT2D eigenvalue weighted by atomic mass is 14.2. The zero-order valence-corrected chi connectivity index (χ0v) is 8.80. The van der Waals surface area contributed by atoms with Gasteiger partial charge in [-0.05, 0) is 16.5 Å². The molecular weight excluding hydrogens is 158 g/mol. The largest absolute Gasteiger partial charge is 0.344 e. The Kier molecular flexibility index (Phi) is 3.89. The van der Waals surface area contributed by atoms with Gasteiger partial charge in [0.05, 0.1) is 0 Å². The molecule has 1 rings (SSSR count). The first-order valence-electron chi connectivity index (χ1n) is 4.27. The van der Waals surface area contributed by atoms with Crippen molar-refractivity contribution in [3.63, 3.8) is 0 Å². The van der Waals surface area contributed by atoms with Crippen LogP contribution in [0.2, 0.25) is 0 Å². The predicted octanol–water partition coefficient (Wildman–Crippen LogP) is 3.79. The summed E-state index contributed by atoms with van der Waals surface area (Å²) in [5, 5.41) is 0. The molecule has 0 radical (unpaired) electrons. The zero-order chi connectivity index (χ0) is 9.19. The summed E-state index contributed by atoms with van der Waals surface area (Å²) in [6.45, 7) is 10.4. The second-order valence-corrected chi connectivity index (χ2v) is 4.08. The van der Waals surface area contributed by atoms with Crippen molar-refractivity contribution in [2.24, 2.45) is 0 Å². The van der Waals surface area contributed by atoms with Crippen LogP contribution in [0.3, 0.4) is 0 Å². The third kappa shape index (κ3) is 3.03. The maximum Gasteiger partial charge on any atom is -0.0132 e. The van der Waals surface area contributed by atoms with E-state index in [1.54, 1.807) is 0 Å². The van der Waals surface area contributed by atoms with Crippen LogP contribution in [0.1, 0.15) is 31.9 Å². The molecular formula is C12H19N. The van der Waals surface area contributed by atoms with E-state index in [2.05, 4.69) is 51.6 Å². The summed E-state index contributed by atoms with van der Waals surface area (Å²) in [7, 11) is 0. The molecule has 0 amide bonds. The van der Waals surface area contributed by atoms with Gasteiger partial charge in [0.25, 0.3) is 0 Å². The van der Waals surface area contributed by atoms with E-state index in [1.807, 2.05) is 6.08 Å². The van der Waals surface area contributed by atoms with Crippen molar-refractivity contribution in [2.45, 2.75) is 26.2 Å². The lowest BCUT2D eigenvalue weighted by molar-refractivity contribution is 0.590. The van der Waals surface area contributed by atoms with Gasteiger partial charge >= 0.3 is 0 Å². The van der Waals surface area contributed by atoms with E-state index in [4.69, 9.17) is 0 Å². The number of rotatable bonds is 1. The van der Waals surface area contributed by atoms with Gasteiger partial charge in [0.1, 0.15) is 0 Å². The van der Waals surface area contributed by atoms with Crippen molar-refractivity contribution in [3.8, 4) is 0 Å². The fourth-order valence-corrected chi connectivity index (χ4v) is 1.12. The molecule has 13 heavy (non-hydrogen) atoms. The Hall–Kier alpha value is -1.08. The van der Waals surface area contributed by atoms with E-state index in [-0.39, 0.29) is 11.6 Å². The van der Waals surface area contributed by atoms with Gasteiger partial charge in [-0.15, -0.1) is 0 Å². The molecule has 3 N–H and O–H groups in total. The number of hydrogen-bond acceptors (Lipinski definition) is 1. The third-order valence-electron chi connectivity index (χ3n) is 2.01. The Morgan fingerprint density at radius 2 is 1.54 bits per heavy atom. The molecule has 0 atom stereocenters. The lowest BCUT2D eigenvalue weighted by Gasteiger charge is -2.18. The van der Waals surface area contributed by atoms with Crippen LogP contribution in [0.15, 0.2) is 30.8 Å². The maximum absolute atomic E-state index is 3.72. The molecule has 0 saturated carbocycles. The molecule has 1 aromatic carbocycles. The molecule has 0 heterocycles. The zero-order valence-electron chi connectivity index (χ0n) is 8.80. The first-order valence-corrected chi connectivity index (χ1v) is 4.27. The van der Waals surface area contributed by atoms with Gasteiger partial charge in [0, 0.05) is 0 Å². The molecule has 0 aromatic heterocycles. The minimum Gasteiger partial charge on any atom is -0.344 e. The summed E-state index contributed by atoms with van der Waals surface area (Å²) in [5.74, 6) is 0. The quantitative estimate of drug-likeness (QED) is 0.696. The van der Waals surface area contributed by atoms with Crippen LogP contribution >= 0.6 is 0 Å². The third-order valence-corrected chi connectivity index (χ3v) is 2.01. The minimum atomic E-state index is 0. The summed E-state index contributed by atoms with van der Waals surface area (Å²) in [6.07, 6.45) is 1.87. The van der Waals surface area contributed by atoms with Gasteiger partial charge < -0.3 is 6.15 Å². The van der Waals surface area contributed by atoms with Gasteiger partial charge in [-0.1, -0.05) is 57.7 Å². The standard InChI is InChI=1S/C12H16.H3N/c1-5-10-6-8-11(9-7-10)12(2,3)4;/h5-9H,1H2,2-4H3;1H3. The summed E-state index contributed by atoms with van der Waals surface area (Å²) in [6, 6.07) is 8.54. The SMILES string of the molecule is C=Cc1ccc(C(C)(C)C)cc1.N. The van der Waals surface area contributed by atoms with Gasteiger partial charge in [0.15, 0.2) is 0 Å². The molecule has 0 unspecified atom stereocenters. The Balaban J connectivity index is 0.00000144. The molecule has 0 aliphatic carbocycles. The van der Waals surface area contributed by atoms with E-state index in [0.717, 1.165) is 0 Å². The Bertz CT molecular complexity index is 264. The Morgan fingerprint density at radius 1 is 1.08 bits per heavy atom. The van der Waals surface area contributed by atoms with Gasteiger partial charge in [0.2, 0.25) is 0 Å². The van der Waals surface area contributed by atoms with Crippen LogP contribution in [-0.2, 0) is 5.41 Å². The van der Waals surface area contributed by atoms with E-state index in [9.17, 15) is 0 Å². The van der Waals surface area contributed by atoms with Crippen LogP contribution in [0.25, 0.3) is 6.08 Å². The molecule has 1 heteroatoms. The molecule has 1 nitrogen and oxygen atoms in total. The fraction of sp³-hybridized carbons (Fsp3) is 0.333. The highest BCUT2D eigenvalue weighted by molar-refractivity contribution is 5.47.